The number of aromatic nitrogens is 1. The van der Waals surface area contributed by atoms with Gasteiger partial charge in [-0.2, -0.15) is 0 Å². The standard InChI is InChI=1S/C18H22N2O/c1-12(2)16-11-10-15(18(21)20(16)14-8-9-14)17(19)13-6-4-3-5-7-13/h3-7,10-12,14,17H,8-9,19H2,1-2H3. The molecule has 0 bridgehead atoms. The minimum absolute atomic E-state index is 0.0834. The average Bonchev–Trinajstić information content (AvgIpc) is 3.31. The fraction of sp³-hybridized carbons (Fsp3) is 0.389. The smallest absolute Gasteiger partial charge is 0.256 e. The first-order chi connectivity index (χ1) is 10.1. The Hall–Kier alpha value is -1.87. The summed E-state index contributed by atoms with van der Waals surface area (Å²) < 4.78 is 1.98. The van der Waals surface area contributed by atoms with E-state index in [-0.39, 0.29) is 11.6 Å². The van der Waals surface area contributed by atoms with E-state index in [1.54, 1.807) is 0 Å². The van der Waals surface area contributed by atoms with E-state index in [2.05, 4.69) is 19.9 Å². The first kappa shape index (κ1) is 14.1. The Morgan fingerprint density at radius 2 is 1.76 bits per heavy atom. The first-order valence-corrected chi connectivity index (χ1v) is 7.65. The molecule has 0 saturated heterocycles. The van der Waals surface area contributed by atoms with Crippen molar-refractivity contribution in [2.45, 2.75) is 44.7 Å². The summed E-state index contributed by atoms with van der Waals surface area (Å²) in [6.45, 7) is 4.26. The summed E-state index contributed by atoms with van der Waals surface area (Å²) >= 11 is 0. The highest BCUT2D eigenvalue weighted by Gasteiger charge is 2.29. The molecule has 21 heavy (non-hydrogen) atoms. The molecule has 0 radical (unpaired) electrons. The van der Waals surface area contributed by atoms with Gasteiger partial charge in [0.1, 0.15) is 0 Å². The molecule has 3 heteroatoms. The fourth-order valence-electron chi connectivity index (χ4n) is 2.84. The van der Waals surface area contributed by atoms with Crippen molar-refractivity contribution in [3.63, 3.8) is 0 Å². The molecule has 1 atom stereocenters. The molecule has 0 spiro atoms. The normalized spacial score (nSPS) is 16.2. The van der Waals surface area contributed by atoms with E-state index in [1.807, 2.05) is 41.0 Å². The molecule has 1 fully saturated rings. The maximum Gasteiger partial charge on any atom is 0.256 e. The minimum Gasteiger partial charge on any atom is -0.320 e. The maximum atomic E-state index is 12.9. The summed E-state index contributed by atoms with van der Waals surface area (Å²) in [7, 11) is 0. The molecule has 110 valence electrons. The first-order valence-electron chi connectivity index (χ1n) is 7.65. The second-order valence-electron chi connectivity index (χ2n) is 6.16. The zero-order chi connectivity index (χ0) is 15.0. The number of rotatable bonds is 4. The molecule has 1 unspecified atom stereocenters. The number of nitrogens with two attached hydrogens (primary N) is 1. The summed E-state index contributed by atoms with van der Waals surface area (Å²) in [6.07, 6.45) is 2.20. The van der Waals surface area contributed by atoms with Crippen LogP contribution in [0.1, 0.15) is 61.5 Å². The second-order valence-corrected chi connectivity index (χ2v) is 6.16. The van der Waals surface area contributed by atoms with Gasteiger partial charge in [-0.25, -0.2) is 0 Å². The Morgan fingerprint density at radius 1 is 1.10 bits per heavy atom. The molecule has 1 aliphatic rings. The summed E-state index contributed by atoms with van der Waals surface area (Å²) in [5.41, 5.74) is 9.19. The molecule has 1 heterocycles. The Labute approximate surface area is 125 Å². The van der Waals surface area contributed by atoms with E-state index in [4.69, 9.17) is 5.73 Å². The Bertz CT molecular complexity index is 684. The molecule has 0 amide bonds. The lowest BCUT2D eigenvalue weighted by Gasteiger charge is -2.19. The Morgan fingerprint density at radius 3 is 2.33 bits per heavy atom. The van der Waals surface area contributed by atoms with Crippen molar-refractivity contribution in [1.82, 2.24) is 4.57 Å². The van der Waals surface area contributed by atoms with Gasteiger partial charge in [-0.05, 0) is 36.5 Å². The number of nitrogens with zero attached hydrogens (tertiary/aromatic N) is 1. The molecule has 3 nitrogen and oxygen atoms in total. The maximum absolute atomic E-state index is 12.9. The van der Waals surface area contributed by atoms with Gasteiger partial charge in [0.2, 0.25) is 0 Å². The molecular weight excluding hydrogens is 260 g/mol. The summed E-state index contributed by atoms with van der Waals surface area (Å²) in [4.78, 5) is 12.9. The zero-order valence-corrected chi connectivity index (χ0v) is 12.6. The summed E-state index contributed by atoms with van der Waals surface area (Å²) in [5.74, 6) is 0.347. The third kappa shape index (κ3) is 2.66. The van der Waals surface area contributed by atoms with Gasteiger partial charge < -0.3 is 10.3 Å². The molecule has 1 aliphatic carbocycles. The van der Waals surface area contributed by atoms with Gasteiger partial charge in [0, 0.05) is 17.3 Å². The van der Waals surface area contributed by atoms with E-state index in [9.17, 15) is 4.79 Å². The number of hydrogen-bond donors (Lipinski definition) is 1. The molecule has 0 aliphatic heterocycles. The molecular formula is C18H22N2O. The van der Waals surface area contributed by atoms with E-state index >= 15 is 0 Å². The van der Waals surface area contributed by atoms with Crippen LogP contribution in [0.2, 0.25) is 0 Å². The summed E-state index contributed by atoms with van der Waals surface area (Å²) in [6, 6.07) is 13.8. The topological polar surface area (TPSA) is 48.0 Å². The van der Waals surface area contributed by atoms with Gasteiger partial charge in [-0.15, -0.1) is 0 Å². The fourth-order valence-corrected chi connectivity index (χ4v) is 2.84. The van der Waals surface area contributed by atoms with Gasteiger partial charge in [0.05, 0.1) is 6.04 Å². The molecule has 3 rings (SSSR count). The van der Waals surface area contributed by atoms with Crippen LogP contribution in [0.25, 0.3) is 0 Å². The van der Waals surface area contributed by atoms with Crippen LogP contribution in [0.3, 0.4) is 0 Å². The van der Waals surface area contributed by atoms with Crippen LogP contribution in [0.15, 0.2) is 47.3 Å². The lowest BCUT2D eigenvalue weighted by Crippen LogP contribution is -2.30. The molecule has 1 aromatic carbocycles. The minimum atomic E-state index is -0.357. The van der Waals surface area contributed by atoms with Crippen LogP contribution in [-0.4, -0.2) is 4.57 Å². The number of pyridine rings is 1. The predicted octanol–water partition coefficient (Wildman–Crippen LogP) is 3.35. The lowest BCUT2D eigenvalue weighted by atomic mass is 9.99. The van der Waals surface area contributed by atoms with Crippen LogP contribution >= 0.6 is 0 Å². The molecule has 2 aromatic rings. The van der Waals surface area contributed by atoms with E-state index in [0.29, 0.717) is 17.5 Å². The van der Waals surface area contributed by atoms with Crippen molar-refractivity contribution in [2.75, 3.05) is 0 Å². The van der Waals surface area contributed by atoms with Gasteiger partial charge in [-0.3, -0.25) is 4.79 Å². The Kier molecular flexibility index (Phi) is 3.68. The van der Waals surface area contributed by atoms with Gasteiger partial charge in [-0.1, -0.05) is 44.2 Å². The van der Waals surface area contributed by atoms with Crippen molar-refractivity contribution in [3.05, 3.63) is 69.6 Å². The second kappa shape index (κ2) is 5.49. The van der Waals surface area contributed by atoms with Crippen molar-refractivity contribution in [1.29, 1.82) is 0 Å². The van der Waals surface area contributed by atoms with E-state index in [1.165, 1.54) is 0 Å². The van der Waals surface area contributed by atoms with Crippen molar-refractivity contribution < 1.29 is 0 Å². The Balaban J connectivity index is 2.08. The average molecular weight is 282 g/mol. The predicted molar refractivity (Wildman–Crippen MR) is 85.5 cm³/mol. The van der Waals surface area contributed by atoms with E-state index in [0.717, 1.165) is 24.1 Å². The largest absolute Gasteiger partial charge is 0.320 e. The van der Waals surface area contributed by atoms with E-state index < -0.39 is 0 Å². The van der Waals surface area contributed by atoms with Crippen LogP contribution < -0.4 is 11.3 Å². The summed E-state index contributed by atoms with van der Waals surface area (Å²) in [5, 5.41) is 0. The number of benzene rings is 1. The van der Waals surface area contributed by atoms with Gasteiger partial charge in [0.25, 0.3) is 5.56 Å². The van der Waals surface area contributed by atoms with Gasteiger partial charge in [0.15, 0.2) is 0 Å². The lowest BCUT2D eigenvalue weighted by molar-refractivity contribution is 0.614. The third-order valence-electron chi connectivity index (χ3n) is 4.17. The third-order valence-corrected chi connectivity index (χ3v) is 4.17. The molecule has 2 N–H and O–H groups in total. The zero-order valence-electron chi connectivity index (χ0n) is 12.6. The monoisotopic (exact) mass is 282 g/mol. The van der Waals surface area contributed by atoms with Crippen LogP contribution in [0, 0.1) is 0 Å². The quantitative estimate of drug-likeness (QED) is 0.934. The van der Waals surface area contributed by atoms with Crippen molar-refractivity contribution >= 4 is 0 Å². The highest BCUT2D eigenvalue weighted by atomic mass is 16.1. The SMILES string of the molecule is CC(C)c1ccc(C(N)c2ccccc2)c(=O)n1C1CC1. The highest BCUT2D eigenvalue weighted by molar-refractivity contribution is 5.31. The molecule has 1 aromatic heterocycles. The van der Waals surface area contributed by atoms with Crippen LogP contribution in [-0.2, 0) is 0 Å². The van der Waals surface area contributed by atoms with Gasteiger partial charge >= 0.3 is 0 Å². The van der Waals surface area contributed by atoms with Crippen LogP contribution in [0.4, 0.5) is 0 Å². The van der Waals surface area contributed by atoms with Crippen molar-refractivity contribution in [3.8, 4) is 0 Å². The number of hydrogen-bond acceptors (Lipinski definition) is 2. The van der Waals surface area contributed by atoms with Crippen molar-refractivity contribution in [2.24, 2.45) is 5.73 Å². The highest BCUT2D eigenvalue weighted by Crippen LogP contribution is 2.36. The van der Waals surface area contributed by atoms with Crippen LogP contribution in [0.5, 0.6) is 0 Å². The molecule has 1 saturated carbocycles.